The van der Waals surface area contributed by atoms with Gasteiger partial charge in [0.25, 0.3) is 0 Å². The van der Waals surface area contributed by atoms with Crippen LogP contribution < -0.4 is 5.73 Å². The van der Waals surface area contributed by atoms with E-state index in [4.69, 9.17) is 10.5 Å². The molecule has 0 bridgehead atoms. The van der Waals surface area contributed by atoms with Crippen molar-refractivity contribution in [1.82, 2.24) is 4.90 Å². The summed E-state index contributed by atoms with van der Waals surface area (Å²) in [6.45, 7) is 8.99. The molecule has 0 fully saturated rings. The molecular weight excluding hydrogens is 240 g/mol. The molecule has 0 aliphatic heterocycles. The van der Waals surface area contributed by atoms with Crippen molar-refractivity contribution in [3.63, 3.8) is 0 Å². The number of hydrogen-bond donors (Lipinski definition) is 1. The molecular formula is C15H24N2O2. The van der Waals surface area contributed by atoms with Gasteiger partial charge in [-0.1, -0.05) is 26.0 Å². The highest BCUT2D eigenvalue weighted by Crippen LogP contribution is 2.12. The number of rotatable bonds is 5. The molecule has 0 radical (unpaired) electrons. The highest BCUT2D eigenvalue weighted by molar-refractivity contribution is 5.68. The van der Waals surface area contributed by atoms with Crippen molar-refractivity contribution in [2.75, 3.05) is 12.3 Å². The maximum atomic E-state index is 12.0. The molecule has 1 aromatic carbocycles. The van der Waals surface area contributed by atoms with Crippen LogP contribution in [0, 0.1) is 5.92 Å². The van der Waals surface area contributed by atoms with Crippen LogP contribution in [0.5, 0.6) is 0 Å². The van der Waals surface area contributed by atoms with Crippen molar-refractivity contribution in [2.24, 2.45) is 5.92 Å². The van der Waals surface area contributed by atoms with E-state index in [1.54, 1.807) is 4.90 Å². The summed E-state index contributed by atoms with van der Waals surface area (Å²) in [6, 6.07) is 7.64. The third-order valence-electron chi connectivity index (χ3n) is 2.73. The van der Waals surface area contributed by atoms with Crippen LogP contribution in [-0.4, -0.2) is 23.6 Å². The first-order chi connectivity index (χ1) is 8.90. The molecule has 0 heterocycles. The molecule has 0 atom stereocenters. The second-order valence-electron chi connectivity index (χ2n) is 5.43. The van der Waals surface area contributed by atoms with E-state index in [-0.39, 0.29) is 12.1 Å². The summed E-state index contributed by atoms with van der Waals surface area (Å²) in [5.41, 5.74) is 7.42. The van der Waals surface area contributed by atoms with Crippen LogP contribution in [-0.2, 0) is 11.3 Å². The van der Waals surface area contributed by atoms with Crippen molar-refractivity contribution in [3.05, 3.63) is 29.8 Å². The number of hydrogen-bond acceptors (Lipinski definition) is 3. The van der Waals surface area contributed by atoms with E-state index in [1.807, 2.05) is 52.0 Å². The first-order valence-electron chi connectivity index (χ1n) is 6.68. The number of benzene rings is 1. The molecule has 2 N–H and O–H groups in total. The fraction of sp³-hybridized carbons (Fsp3) is 0.533. The summed E-state index contributed by atoms with van der Waals surface area (Å²) in [4.78, 5) is 13.8. The average Bonchev–Trinajstić information content (AvgIpc) is 2.34. The molecule has 106 valence electrons. The first kappa shape index (κ1) is 15.3. The summed E-state index contributed by atoms with van der Waals surface area (Å²) in [5.74, 6) is 0.342. The molecule has 0 spiro atoms. The van der Waals surface area contributed by atoms with Gasteiger partial charge in [-0.25, -0.2) is 4.79 Å². The van der Waals surface area contributed by atoms with E-state index in [2.05, 4.69) is 0 Å². The molecule has 0 aromatic heterocycles. The van der Waals surface area contributed by atoms with E-state index < -0.39 is 0 Å². The van der Waals surface area contributed by atoms with Gasteiger partial charge in [0.2, 0.25) is 0 Å². The largest absolute Gasteiger partial charge is 0.449 e. The van der Waals surface area contributed by atoms with Crippen LogP contribution >= 0.6 is 0 Å². The number of nitrogens with two attached hydrogens (primary N) is 1. The summed E-state index contributed by atoms with van der Waals surface area (Å²) in [6.07, 6.45) is -0.263. The minimum Gasteiger partial charge on any atom is -0.449 e. The number of nitrogens with zero attached hydrogens (tertiary/aromatic N) is 1. The first-order valence-corrected chi connectivity index (χ1v) is 6.68. The molecule has 0 aliphatic rings. The normalized spacial score (nSPS) is 10.8. The highest BCUT2D eigenvalue weighted by atomic mass is 16.6. The Balaban J connectivity index is 2.67. The van der Waals surface area contributed by atoms with E-state index in [9.17, 15) is 4.79 Å². The van der Waals surface area contributed by atoms with E-state index in [1.165, 1.54) is 0 Å². The Labute approximate surface area is 115 Å². The summed E-state index contributed by atoms with van der Waals surface area (Å²) >= 11 is 0. The molecule has 0 aliphatic carbocycles. The Kier molecular flexibility index (Phi) is 5.67. The summed E-state index contributed by atoms with van der Waals surface area (Å²) in [7, 11) is 0. The second kappa shape index (κ2) is 7.02. The van der Waals surface area contributed by atoms with Crippen LogP contribution in [0.2, 0.25) is 0 Å². The van der Waals surface area contributed by atoms with Gasteiger partial charge in [0.15, 0.2) is 0 Å². The molecule has 0 saturated carbocycles. The lowest BCUT2D eigenvalue weighted by Gasteiger charge is -2.26. The molecule has 19 heavy (non-hydrogen) atoms. The van der Waals surface area contributed by atoms with Crippen LogP contribution in [0.1, 0.15) is 33.3 Å². The molecule has 4 heteroatoms. The number of nitrogen functional groups attached to an aromatic ring is 1. The van der Waals surface area contributed by atoms with Crippen LogP contribution in [0.15, 0.2) is 24.3 Å². The lowest BCUT2D eigenvalue weighted by molar-refractivity contribution is 0.0794. The van der Waals surface area contributed by atoms with E-state index in [0.29, 0.717) is 19.1 Å². The zero-order valence-electron chi connectivity index (χ0n) is 12.2. The van der Waals surface area contributed by atoms with E-state index in [0.717, 1.165) is 11.3 Å². The van der Waals surface area contributed by atoms with Gasteiger partial charge in [-0.3, -0.25) is 0 Å². The van der Waals surface area contributed by atoms with Gasteiger partial charge >= 0.3 is 6.09 Å². The lowest BCUT2D eigenvalue weighted by Crippen LogP contribution is -2.37. The molecule has 0 saturated heterocycles. The Bertz CT molecular complexity index is 399. The zero-order valence-corrected chi connectivity index (χ0v) is 12.2. The van der Waals surface area contributed by atoms with Gasteiger partial charge in [0.1, 0.15) is 0 Å². The third kappa shape index (κ3) is 5.20. The Morgan fingerprint density at radius 2 is 1.79 bits per heavy atom. The fourth-order valence-corrected chi connectivity index (χ4v) is 1.60. The fourth-order valence-electron chi connectivity index (χ4n) is 1.60. The molecule has 1 rings (SSSR count). The van der Waals surface area contributed by atoms with Crippen molar-refractivity contribution in [1.29, 1.82) is 0 Å². The highest BCUT2D eigenvalue weighted by Gasteiger charge is 2.19. The standard InChI is InChI=1S/C15H24N2O2/c1-11(2)10-19-15(18)17(12(3)4)9-13-5-7-14(16)8-6-13/h5-8,11-12H,9-10,16H2,1-4H3. The smallest absolute Gasteiger partial charge is 0.410 e. The Morgan fingerprint density at radius 3 is 2.26 bits per heavy atom. The van der Waals surface area contributed by atoms with Crippen molar-refractivity contribution in [3.8, 4) is 0 Å². The van der Waals surface area contributed by atoms with Gasteiger partial charge in [-0.2, -0.15) is 0 Å². The second-order valence-corrected chi connectivity index (χ2v) is 5.43. The van der Waals surface area contributed by atoms with E-state index >= 15 is 0 Å². The number of carbonyl (C=O) groups excluding carboxylic acids is 1. The van der Waals surface area contributed by atoms with Gasteiger partial charge in [-0.15, -0.1) is 0 Å². The molecule has 4 nitrogen and oxygen atoms in total. The van der Waals surface area contributed by atoms with Gasteiger partial charge < -0.3 is 15.4 Å². The minimum atomic E-state index is -0.263. The summed E-state index contributed by atoms with van der Waals surface area (Å²) < 4.78 is 5.29. The van der Waals surface area contributed by atoms with Crippen LogP contribution in [0.4, 0.5) is 10.5 Å². The maximum absolute atomic E-state index is 12.0. The third-order valence-corrected chi connectivity index (χ3v) is 2.73. The van der Waals surface area contributed by atoms with Crippen LogP contribution in [0.3, 0.4) is 0 Å². The lowest BCUT2D eigenvalue weighted by atomic mass is 10.2. The van der Waals surface area contributed by atoms with Gasteiger partial charge in [-0.05, 0) is 37.5 Å². The van der Waals surface area contributed by atoms with Gasteiger partial charge in [0, 0.05) is 18.3 Å². The number of amides is 1. The molecule has 1 amide bonds. The van der Waals surface area contributed by atoms with Crippen LogP contribution in [0.25, 0.3) is 0 Å². The molecule has 0 unspecified atom stereocenters. The van der Waals surface area contributed by atoms with Gasteiger partial charge in [0.05, 0.1) is 6.61 Å². The monoisotopic (exact) mass is 264 g/mol. The van der Waals surface area contributed by atoms with Crippen molar-refractivity contribution in [2.45, 2.75) is 40.3 Å². The quantitative estimate of drug-likeness (QED) is 0.830. The number of ether oxygens (including phenoxy) is 1. The van der Waals surface area contributed by atoms with Crippen molar-refractivity contribution < 1.29 is 9.53 Å². The predicted octanol–water partition coefficient (Wildman–Crippen LogP) is 3.27. The topological polar surface area (TPSA) is 55.6 Å². The Hall–Kier alpha value is -1.71. The predicted molar refractivity (Wildman–Crippen MR) is 77.7 cm³/mol. The molecule has 1 aromatic rings. The minimum absolute atomic E-state index is 0.0946. The Morgan fingerprint density at radius 1 is 1.21 bits per heavy atom. The van der Waals surface area contributed by atoms with Crippen molar-refractivity contribution >= 4 is 11.8 Å². The number of carbonyl (C=O) groups is 1. The SMILES string of the molecule is CC(C)COC(=O)N(Cc1ccc(N)cc1)C(C)C. The summed E-state index contributed by atoms with van der Waals surface area (Å²) in [5, 5.41) is 0. The maximum Gasteiger partial charge on any atom is 0.410 e. The average molecular weight is 264 g/mol. The zero-order chi connectivity index (χ0) is 14.4. The number of anilines is 1.